The Kier molecular flexibility index (Phi) is 3.48. The van der Waals surface area contributed by atoms with E-state index in [2.05, 4.69) is 10.3 Å². The molecule has 94 valence electrons. The average Bonchev–Trinajstić information content (AvgIpc) is 2.73. The molecule has 0 aromatic carbocycles. The van der Waals surface area contributed by atoms with Gasteiger partial charge in [-0.2, -0.15) is 0 Å². The highest BCUT2D eigenvalue weighted by Gasteiger charge is 2.18. The van der Waals surface area contributed by atoms with Crippen LogP contribution in [0.3, 0.4) is 0 Å². The van der Waals surface area contributed by atoms with Crippen LogP contribution < -0.4 is 5.32 Å². The Labute approximate surface area is 104 Å². The number of nitrogens with zero attached hydrogens (tertiary/aromatic N) is 1. The Bertz CT molecular complexity index is 512. The molecule has 1 aromatic heterocycles. The second kappa shape index (κ2) is 4.73. The van der Waals surface area contributed by atoms with Gasteiger partial charge in [-0.15, -0.1) is 11.3 Å². The number of thiazole rings is 1. The average molecular weight is 274 g/mol. The van der Waals surface area contributed by atoms with Crippen molar-refractivity contribution in [3.05, 3.63) is 10.6 Å². The first-order valence-electron chi connectivity index (χ1n) is 5.40. The van der Waals surface area contributed by atoms with E-state index < -0.39 is 9.84 Å². The summed E-state index contributed by atoms with van der Waals surface area (Å²) in [5.74, 6) is -0.410. The SMILES string of the molecule is CS(=O)(=O)CCC(=O)Nc1nc2c(s1)CCC2. The van der Waals surface area contributed by atoms with Gasteiger partial charge in [0.05, 0.1) is 11.4 Å². The number of amides is 1. The Balaban J connectivity index is 1.90. The third kappa shape index (κ3) is 3.50. The van der Waals surface area contributed by atoms with Gasteiger partial charge >= 0.3 is 0 Å². The number of sulfone groups is 1. The second-order valence-corrected chi connectivity index (χ2v) is 7.51. The van der Waals surface area contributed by atoms with Crippen molar-refractivity contribution >= 4 is 32.2 Å². The molecule has 0 unspecified atom stereocenters. The lowest BCUT2D eigenvalue weighted by atomic mass is 10.4. The van der Waals surface area contributed by atoms with E-state index in [4.69, 9.17) is 0 Å². The number of aryl methyl sites for hydroxylation is 2. The van der Waals surface area contributed by atoms with Crippen molar-refractivity contribution in [3.8, 4) is 0 Å². The molecule has 2 rings (SSSR count). The molecule has 0 aliphatic heterocycles. The molecule has 1 amide bonds. The summed E-state index contributed by atoms with van der Waals surface area (Å²) < 4.78 is 21.8. The maximum Gasteiger partial charge on any atom is 0.227 e. The summed E-state index contributed by atoms with van der Waals surface area (Å²) in [6.45, 7) is 0. The Morgan fingerprint density at radius 3 is 2.88 bits per heavy atom. The summed E-state index contributed by atoms with van der Waals surface area (Å²) in [6.07, 6.45) is 4.26. The van der Waals surface area contributed by atoms with Crippen LogP contribution in [-0.4, -0.2) is 31.3 Å². The van der Waals surface area contributed by atoms with Gasteiger partial charge in [0.25, 0.3) is 0 Å². The summed E-state index contributed by atoms with van der Waals surface area (Å²) in [7, 11) is -3.09. The number of carbonyl (C=O) groups is 1. The smallest absolute Gasteiger partial charge is 0.227 e. The fourth-order valence-corrected chi connectivity index (χ4v) is 3.33. The van der Waals surface area contributed by atoms with E-state index in [0.29, 0.717) is 5.13 Å². The van der Waals surface area contributed by atoms with Crippen molar-refractivity contribution in [2.24, 2.45) is 0 Å². The molecule has 0 spiro atoms. The largest absolute Gasteiger partial charge is 0.302 e. The first-order valence-corrected chi connectivity index (χ1v) is 8.28. The zero-order valence-electron chi connectivity index (χ0n) is 9.52. The summed E-state index contributed by atoms with van der Waals surface area (Å²) in [5, 5.41) is 3.24. The zero-order chi connectivity index (χ0) is 12.5. The lowest BCUT2D eigenvalue weighted by Crippen LogP contribution is -2.16. The molecule has 17 heavy (non-hydrogen) atoms. The van der Waals surface area contributed by atoms with Crippen LogP contribution in [0.4, 0.5) is 5.13 Å². The Hall–Kier alpha value is -0.950. The van der Waals surface area contributed by atoms with E-state index >= 15 is 0 Å². The van der Waals surface area contributed by atoms with Crippen LogP contribution in [0.1, 0.15) is 23.4 Å². The van der Waals surface area contributed by atoms with Gasteiger partial charge in [-0.05, 0) is 19.3 Å². The van der Waals surface area contributed by atoms with E-state index in [1.165, 1.54) is 16.2 Å². The van der Waals surface area contributed by atoms with Gasteiger partial charge in [-0.25, -0.2) is 13.4 Å². The van der Waals surface area contributed by atoms with Gasteiger partial charge in [-0.1, -0.05) is 0 Å². The molecule has 0 radical (unpaired) electrons. The minimum atomic E-state index is -3.09. The van der Waals surface area contributed by atoms with Gasteiger partial charge in [0.15, 0.2) is 5.13 Å². The minimum absolute atomic E-state index is 0.0108. The van der Waals surface area contributed by atoms with Crippen LogP contribution in [0.25, 0.3) is 0 Å². The van der Waals surface area contributed by atoms with Crippen molar-refractivity contribution in [2.45, 2.75) is 25.7 Å². The fraction of sp³-hybridized carbons (Fsp3) is 0.600. The monoisotopic (exact) mass is 274 g/mol. The standard InChI is InChI=1S/C10H14N2O3S2/c1-17(14,15)6-5-9(13)12-10-11-7-3-2-4-8(7)16-10/h2-6H2,1H3,(H,11,12,13). The lowest BCUT2D eigenvalue weighted by Gasteiger charge is -2.00. The molecule has 1 aliphatic carbocycles. The summed E-state index contributed by atoms with van der Waals surface area (Å²) in [5.41, 5.74) is 1.08. The number of nitrogens with one attached hydrogen (secondary N) is 1. The number of rotatable bonds is 4. The molecule has 0 bridgehead atoms. The number of fused-ring (bicyclic) bond motifs is 1. The minimum Gasteiger partial charge on any atom is -0.302 e. The van der Waals surface area contributed by atoms with Crippen LogP contribution in [0, 0.1) is 0 Å². The molecule has 0 saturated heterocycles. The maximum atomic E-state index is 11.5. The zero-order valence-corrected chi connectivity index (χ0v) is 11.2. The number of carbonyl (C=O) groups excluding carboxylic acids is 1. The van der Waals surface area contributed by atoms with E-state index in [0.717, 1.165) is 31.2 Å². The van der Waals surface area contributed by atoms with Gasteiger partial charge in [-0.3, -0.25) is 4.79 Å². The van der Waals surface area contributed by atoms with Crippen LogP contribution >= 0.6 is 11.3 Å². The van der Waals surface area contributed by atoms with E-state index in [1.807, 2.05) is 0 Å². The first kappa shape index (κ1) is 12.5. The van der Waals surface area contributed by atoms with Crippen LogP contribution in [0.5, 0.6) is 0 Å². The summed E-state index contributed by atoms with van der Waals surface area (Å²) in [6, 6.07) is 0. The molecule has 0 saturated carbocycles. The van der Waals surface area contributed by atoms with Crippen LogP contribution in [-0.2, 0) is 27.5 Å². The van der Waals surface area contributed by atoms with E-state index in [9.17, 15) is 13.2 Å². The molecule has 0 atom stereocenters. The second-order valence-electron chi connectivity index (χ2n) is 4.17. The van der Waals surface area contributed by atoms with Crippen molar-refractivity contribution in [1.82, 2.24) is 4.98 Å². The van der Waals surface area contributed by atoms with Crippen molar-refractivity contribution < 1.29 is 13.2 Å². The highest BCUT2D eigenvalue weighted by Crippen LogP contribution is 2.30. The van der Waals surface area contributed by atoms with Crippen LogP contribution in [0.2, 0.25) is 0 Å². The normalized spacial score (nSPS) is 14.6. The van der Waals surface area contributed by atoms with Crippen molar-refractivity contribution in [2.75, 3.05) is 17.3 Å². The van der Waals surface area contributed by atoms with Crippen LogP contribution in [0.15, 0.2) is 0 Å². The first-order chi connectivity index (χ1) is 7.94. The predicted molar refractivity (Wildman–Crippen MR) is 67.1 cm³/mol. The molecule has 5 nitrogen and oxygen atoms in total. The van der Waals surface area contributed by atoms with Gasteiger partial charge in [0.1, 0.15) is 9.84 Å². The van der Waals surface area contributed by atoms with Crippen molar-refractivity contribution in [1.29, 1.82) is 0 Å². The maximum absolute atomic E-state index is 11.5. The van der Waals surface area contributed by atoms with Gasteiger partial charge in [0, 0.05) is 17.6 Å². The highest BCUT2D eigenvalue weighted by atomic mass is 32.2. The number of aromatic nitrogens is 1. The molecule has 0 fully saturated rings. The molecule has 1 heterocycles. The van der Waals surface area contributed by atoms with E-state index in [-0.39, 0.29) is 18.1 Å². The number of anilines is 1. The molecular weight excluding hydrogens is 260 g/mol. The molecule has 7 heteroatoms. The molecule has 1 N–H and O–H groups in total. The third-order valence-electron chi connectivity index (χ3n) is 2.54. The highest BCUT2D eigenvalue weighted by molar-refractivity contribution is 7.90. The molecule has 1 aromatic rings. The predicted octanol–water partition coefficient (Wildman–Crippen LogP) is 1.01. The molecule has 1 aliphatic rings. The Morgan fingerprint density at radius 1 is 1.47 bits per heavy atom. The number of hydrogen-bond donors (Lipinski definition) is 1. The van der Waals surface area contributed by atoms with Crippen molar-refractivity contribution in [3.63, 3.8) is 0 Å². The molecular formula is C10H14N2O3S2. The van der Waals surface area contributed by atoms with Gasteiger partial charge < -0.3 is 5.32 Å². The lowest BCUT2D eigenvalue weighted by molar-refractivity contribution is -0.115. The third-order valence-corrected chi connectivity index (χ3v) is 4.56. The summed E-state index contributed by atoms with van der Waals surface area (Å²) >= 11 is 1.49. The van der Waals surface area contributed by atoms with Gasteiger partial charge in [0.2, 0.25) is 5.91 Å². The topological polar surface area (TPSA) is 76.1 Å². The van der Waals surface area contributed by atoms with E-state index in [1.54, 1.807) is 0 Å². The quantitative estimate of drug-likeness (QED) is 0.889. The fourth-order valence-electron chi connectivity index (χ4n) is 1.70. The Morgan fingerprint density at radius 2 is 2.24 bits per heavy atom. The summed E-state index contributed by atoms with van der Waals surface area (Å²) in [4.78, 5) is 17.0. The number of hydrogen-bond acceptors (Lipinski definition) is 5.